The van der Waals surface area contributed by atoms with E-state index >= 15 is 0 Å². The van der Waals surface area contributed by atoms with Crippen molar-refractivity contribution in [3.8, 4) is 5.75 Å². The van der Waals surface area contributed by atoms with Gasteiger partial charge in [-0.25, -0.2) is 8.78 Å². The Balaban J connectivity index is 1.41. The Hall–Kier alpha value is -2.38. The van der Waals surface area contributed by atoms with Crippen LogP contribution >= 0.6 is 11.6 Å². The van der Waals surface area contributed by atoms with Gasteiger partial charge in [0.05, 0.1) is 11.4 Å². The Bertz CT molecular complexity index is 946. The van der Waals surface area contributed by atoms with Crippen molar-refractivity contribution in [3.63, 3.8) is 0 Å². The quantitative estimate of drug-likeness (QED) is 0.784. The SMILES string of the molecule is O=C1CCc2c(OCC3(O)CCN(c4ccc(Cl)cc4F)CC3)ccc(F)c2N1. The fourth-order valence-electron chi connectivity index (χ4n) is 3.82. The lowest BCUT2D eigenvalue weighted by atomic mass is 9.92. The lowest BCUT2D eigenvalue weighted by molar-refractivity contribution is -0.116. The molecule has 1 saturated heterocycles. The van der Waals surface area contributed by atoms with Gasteiger partial charge in [0.15, 0.2) is 0 Å². The van der Waals surface area contributed by atoms with Crippen LogP contribution in [0.25, 0.3) is 0 Å². The second-order valence-electron chi connectivity index (χ2n) is 7.54. The summed E-state index contributed by atoms with van der Waals surface area (Å²) in [5.41, 5.74) is 0.145. The van der Waals surface area contributed by atoms with Crippen molar-refractivity contribution < 1.29 is 23.4 Å². The fraction of sp³-hybridized carbons (Fsp3) is 0.381. The molecule has 0 atom stereocenters. The number of carbonyl (C=O) groups is 1. The Kier molecular flexibility index (Phi) is 5.36. The van der Waals surface area contributed by atoms with Crippen molar-refractivity contribution >= 4 is 28.9 Å². The summed E-state index contributed by atoms with van der Waals surface area (Å²) in [6, 6.07) is 7.32. The normalized spacial score (nSPS) is 18.2. The minimum absolute atomic E-state index is 0.0377. The van der Waals surface area contributed by atoms with E-state index in [0.717, 1.165) is 0 Å². The van der Waals surface area contributed by atoms with Crippen LogP contribution < -0.4 is 15.0 Å². The molecule has 1 fully saturated rings. The first kappa shape index (κ1) is 19.9. The standard InChI is InChI=1S/C21H21ClF2N2O3/c22-13-1-4-17(16(24)11-13)26-9-7-21(28,8-10-26)12-29-18-5-3-15(23)20-14(18)2-6-19(27)25-20/h1,3-5,11,28H,2,6-10,12H2,(H,25,27). The van der Waals surface area contributed by atoms with E-state index in [9.17, 15) is 18.7 Å². The zero-order valence-electron chi connectivity index (χ0n) is 15.7. The minimum Gasteiger partial charge on any atom is -0.490 e. The van der Waals surface area contributed by atoms with Crippen molar-refractivity contribution in [1.82, 2.24) is 0 Å². The molecule has 1 amide bonds. The number of fused-ring (bicyclic) bond motifs is 1. The zero-order chi connectivity index (χ0) is 20.6. The first-order chi connectivity index (χ1) is 13.8. The first-order valence-electron chi connectivity index (χ1n) is 9.51. The molecule has 0 bridgehead atoms. The van der Waals surface area contributed by atoms with Gasteiger partial charge in [0.1, 0.15) is 29.6 Å². The third-order valence-electron chi connectivity index (χ3n) is 5.53. The fourth-order valence-corrected chi connectivity index (χ4v) is 3.98. The third-order valence-corrected chi connectivity index (χ3v) is 5.76. The third kappa shape index (κ3) is 4.16. The van der Waals surface area contributed by atoms with Gasteiger partial charge in [0, 0.05) is 30.1 Å². The number of nitrogens with one attached hydrogen (secondary N) is 1. The number of piperidine rings is 1. The molecule has 154 valence electrons. The van der Waals surface area contributed by atoms with E-state index in [1.165, 1.54) is 18.2 Å². The van der Waals surface area contributed by atoms with Gasteiger partial charge in [-0.1, -0.05) is 11.6 Å². The van der Waals surface area contributed by atoms with Crippen LogP contribution in [0.1, 0.15) is 24.8 Å². The highest BCUT2D eigenvalue weighted by Crippen LogP contribution is 2.35. The van der Waals surface area contributed by atoms with Gasteiger partial charge in [0.25, 0.3) is 0 Å². The molecule has 2 aliphatic rings. The van der Waals surface area contributed by atoms with E-state index in [1.54, 1.807) is 12.1 Å². The number of hydrogen-bond donors (Lipinski definition) is 2. The van der Waals surface area contributed by atoms with Gasteiger partial charge < -0.3 is 20.1 Å². The molecule has 2 aromatic rings. The summed E-state index contributed by atoms with van der Waals surface area (Å²) < 4.78 is 34.0. The Morgan fingerprint density at radius 3 is 2.62 bits per heavy atom. The summed E-state index contributed by atoms with van der Waals surface area (Å²) in [6.45, 7) is 0.974. The minimum atomic E-state index is -1.07. The lowest BCUT2D eigenvalue weighted by Crippen LogP contribution is -2.48. The second kappa shape index (κ2) is 7.80. The molecule has 0 saturated carbocycles. The highest BCUT2D eigenvalue weighted by atomic mass is 35.5. The molecule has 2 aromatic carbocycles. The predicted molar refractivity (Wildman–Crippen MR) is 107 cm³/mol. The number of halogens is 3. The molecule has 0 aliphatic carbocycles. The van der Waals surface area contributed by atoms with Crippen LogP contribution in [0.5, 0.6) is 5.75 Å². The summed E-state index contributed by atoms with van der Waals surface area (Å²) in [5, 5.41) is 13.8. The van der Waals surface area contributed by atoms with Crippen LogP contribution in [-0.4, -0.2) is 36.3 Å². The average Bonchev–Trinajstić information content (AvgIpc) is 2.69. The largest absolute Gasteiger partial charge is 0.490 e. The summed E-state index contributed by atoms with van der Waals surface area (Å²) in [4.78, 5) is 13.4. The first-order valence-corrected chi connectivity index (χ1v) is 9.89. The molecule has 8 heteroatoms. The van der Waals surface area contributed by atoms with E-state index in [0.29, 0.717) is 54.4 Å². The molecule has 29 heavy (non-hydrogen) atoms. The van der Waals surface area contributed by atoms with Gasteiger partial charge in [-0.3, -0.25) is 4.79 Å². The van der Waals surface area contributed by atoms with Crippen molar-refractivity contribution in [2.24, 2.45) is 0 Å². The Morgan fingerprint density at radius 2 is 1.90 bits per heavy atom. The smallest absolute Gasteiger partial charge is 0.224 e. The van der Waals surface area contributed by atoms with E-state index in [4.69, 9.17) is 16.3 Å². The number of aliphatic hydroxyl groups is 1. The van der Waals surface area contributed by atoms with Crippen LogP contribution in [0.4, 0.5) is 20.2 Å². The van der Waals surface area contributed by atoms with Crippen molar-refractivity contribution in [2.75, 3.05) is 29.9 Å². The number of hydrogen-bond acceptors (Lipinski definition) is 4. The summed E-state index contributed by atoms with van der Waals surface area (Å²) in [6.07, 6.45) is 1.44. The summed E-state index contributed by atoms with van der Waals surface area (Å²) in [5.74, 6) is -0.661. The zero-order valence-corrected chi connectivity index (χ0v) is 16.4. The van der Waals surface area contributed by atoms with Crippen LogP contribution in [-0.2, 0) is 11.2 Å². The van der Waals surface area contributed by atoms with Crippen LogP contribution in [0, 0.1) is 11.6 Å². The van der Waals surface area contributed by atoms with Crippen LogP contribution in [0.3, 0.4) is 0 Å². The van der Waals surface area contributed by atoms with Gasteiger partial charge in [-0.05, 0) is 49.6 Å². The average molecular weight is 423 g/mol. The van der Waals surface area contributed by atoms with E-state index < -0.39 is 11.4 Å². The number of nitrogens with zero attached hydrogens (tertiary/aromatic N) is 1. The van der Waals surface area contributed by atoms with Crippen LogP contribution in [0.2, 0.25) is 5.02 Å². The maximum atomic E-state index is 14.1. The van der Waals surface area contributed by atoms with Gasteiger partial charge in [0.2, 0.25) is 5.91 Å². The van der Waals surface area contributed by atoms with Crippen molar-refractivity contribution in [3.05, 3.63) is 52.6 Å². The van der Waals surface area contributed by atoms with E-state index in [1.807, 2.05) is 4.90 Å². The molecule has 0 aromatic heterocycles. The van der Waals surface area contributed by atoms with Crippen LogP contribution in [0.15, 0.2) is 30.3 Å². The molecular formula is C21H21ClF2N2O3. The highest BCUT2D eigenvalue weighted by molar-refractivity contribution is 6.30. The monoisotopic (exact) mass is 422 g/mol. The molecule has 0 radical (unpaired) electrons. The molecule has 2 aliphatic heterocycles. The number of rotatable bonds is 4. The van der Waals surface area contributed by atoms with Crippen molar-refractivity contribution in [1.29, 1.82) is 0 Å². The second-order valence-corrected chi connectivity index (χ2v) is 7.98. The summed E-state index contributed by atoms with van der Waals surface area (Å²) >= 11 is 5.81. The number of ether oxygens (including phenoxy) is 1. The molecule has 2 N–H and O–H groups in total. The molecule has 4 rings (SSSR count). The molecule has 0 spiro atoms. The van der Waals surface area contributed by atoms with E-state index in [2.05, 4.69) is 5.32 Å². The Labute approximate surface area is 172 Å². The number of carbonyl (C=O) groups excluding carboxylic acids is 1. The van der Waals surface area contributed by atoms with Gasteiger partial charge in [-0.15, -0.1) is 0 Å². The van der Waals surface area contributed by atoms with Gasteiger partial charge >= 0.3 is 0 Å². The number of amides is 1. The maximum absolute atomic E-state index is 14.1. The van der Waals surface area contributed by atoms with E-state index in [-0.39, 0.29) is 30.4 Å². The van der Waals surface area contributed by atoms with Gasteiger partial charge in [-0.2, -0.15) is 0 Å². The molecule has 2 heterocycles. The predicted octanol–water partition coefficient (Wildman–Crippen LogP) is 3.91. The number of benzene rings is 2. The topological polar surface area (TPSA) is 61.8 Å². The molecular weight excluding hydrogens is 402 g/mol. The number of anilines is 2. The summed E-state index contributed by atoms with van der Waals surface area (Å²) in [7, 11) is 0. The Morgan fingerprint density at radius 1 is 1.14 bits per heavy atom. The van der Waals surface area contributed by atoms with Crippen molar-refractivity contribution in [2.45, 2.75) is 31.3 Å². The molecule has 0 unspecified atom stereocenters. The maximum Gasteiger partial charge on any atom is 0.224 e. The molecule has 5 nitrogen and oxygen atoms in total. The highest BCUT2D eigenvalue weighted by Gasteiger charge is 2.34. The lowest BCUT2D eigenvalue weighted by Gasteiger charge is -2.39.